The Morgan fingerprint density at radius 1 is 1.04 bits per heavy atom. The fourth-order valence-corrected chi connectivity index (χ4v) is 3.67. The van der Waals surface area contributed by atoms with E-state index in [9.17, 15) is 4.79 Å². The van der Waals surface area contributed by atoms with Gasteiger partial charge in [-0.25, -0.2) is 0 Å². The zero-order valence-corrected chi connectivity index (χ0v) is 16.5. The van der Waals surface area contributed by atoms with Crippen LogP contribution >= 0.6 is 11.8 Å². The molecule has 140 valence electrons. The Labute approximate surface area is 164 Å². The molecule has 2 aromatic carbocycles. The van der Waals surface area contributed by atoms with Crippen molar-refractivity contribution in [2.24, 2.45) is 0 Å². The largest absolute Gasteiger partial charge is 0.325 e. The Bertz CT molecular complexity index is 892. The molecule has 1 amide bonds. The maximum Gasteiger partial charge on any atom is 0.234 e. The average molecular weight is 381 g/mol. The summed E-state index contributed by atoms with van der Waals surface area (Å²) in [6.07, 6.45) is 1.68. The summed E-state index contributed by atoms with van der Waals surface area (Å²) in [7, 11) is 0. The maximum atomic E-state index is 12.3. The van der Waals surface area contributed by atoms with Crippen molar-refractivity contribution in [1.82, 2.24) is 14.8 Å². The standard InChI is InChI=1S/C21H24N4OS/c1-3-16-11-8-12-18(13-16)22-20(26)15-27-21-24-23-19(25(21)4-2)14-17-9-6-5-7-10-17/h5-13H,3-4,14-15H2,1-2H3,(H,22,26). The Morgan fingerprint density at radius 3 is 2.56 bits per heavy atom. The van der Waals surface area contributed by atoms with Gasteiger partial charge in [-0.1, -0.05) is 61.2 Å². The molecule has 0 atom stereocenters. The van der Waals surface area contributed by atoms with Gasteiger partial charge in [-0.15, -0.1) is 10.2 Å². The van der Waals surface area contributed by atoms with Gasteiger partial charge in [0.15, 0.2) is 5.16 Å². The van der Waals surface area contributed by atoms with Gasteiger partial charge >= 0.3 is 0 Å². The first-order valence-electron chi connectivity index (χ1n) is 9.17. The molecule has 6 heteroatoms. The first-order chi connectivity index (χ1) is 13.2. The number of nitrogens with one attached hydrogen (secondary N) is 1. The molecule has 0 saturated heterocycles. The van der Waals surface area contributed by atoms with E-state index in [4.69, 9.17) is 0 Å². The third-order valence-electron chi connectivity index (χ3n) is 4.27. The number of nitrogens with zero attached hydrogens (tertiary/aromatic N) is 3. The number of hydrogen-bond acceptors (Lipinski definition) is 4. The number of carbonyl (C=O) groups is 1. The molecule has 0 fully saturated rings. The van der Waals surface area contributed by atoms with Crippen molar-refractivity contribution in [1.29, 1.82) is 0 Å². The van der Waals surface area contributed by atoms with Gasteiger partial charge in [0.2, 0.25) is 5.91 Å². The first kappa shape index (κ1) is 19.2. The number of hydrogen-bond donors (Lipinski definition) is 1. The molecular weight excluding hydrogens is 356 g/mol. The normalized spacial score (nSPS) is 10.7. The highest BCUT2D eigenvalue weighted by molar-refractivity contribution is 7.99. The Morgan fingerprint density at radius 2 is 1.81 bits per heavy atom. The van der Waals surface area contributed by atoms with Crippen LogP contribution in [0, 0.1) is 0 Å². The molecule has 0 aliphatic rings. The molecule has 0 aliphatic heterocycles. The summed E-state index contributed by atoms with van der Waals surface area (Å²) in [6.45, 7) is 4.94. The fraction of sp³-hybridized carbons (Fsp3) is 0.286. The first-order valence-corrected chi connectivity index (χ1v) is 10.2. The van der Waals surface area contributed by atoms with E-state index in [1.807, 2.05) is 36.4 Å². The van der Waals surface area contributed by atoms with E-state index >= 15 is 0 Å². The van der Waals surface area contributed by atoms with E-state index in [0.717, 1.165) is 36.1 Å². The summed E-state index contributed by atoms with van der Waals surface area (Å²) in [5.41, 5.74) is 3.24. The molecule has 0 spiro atoms. The number of benzene rings is 2. The minimum absolute atomic E-state index is 0.0384. The van der Waals surface area contributed by atoms with Gasteiger partial charge in [0.25, 0.3) is 0 Å². The second kappa shape index (κ2) is 9.37. The molecule has 1 aromatic heterocycles. The monoisotopic (exact) mass is 380 g/mol. The number of anilines is 1. The van der Waals surface area contributed by atoms with Crippen LogP contribution in [0.3, 0.4) is 0 Å². The number of aryl methyl sites for hydroxylation is 1. The third-order valence-corrected chi connectivity index (χ3v) is 5.23. The quantitative estimate of drug-likeness (QED) is 0.596. The highest BCUT2D eigenvalue weighted by atomic mass is 32.2. The lowest BCUT2D eigenvalue weighted by Crippen LogP contribution is -2.15. The van der Waals surface area contributed by atoms with Gasteiger partial charge in [-0.2, -0.15) is 0 Å². The Hall–Kier alpha value is -2.60. The molecule has 3 aromatic rings. The van der Waals surface area contributed by atoms with Crippen molar-refractivity contribution in [2.75, 3.05) is 11.1 Å². The number of aromatic nitrogens is 3. The highest BCUT2D eigenvalue weighted by Crippen LogP contribution is 2.19. The summed E-state index contributed by atoms with van der Waals surface area (Å²) in [5.74, 6) is 1.19. The van der Waals surface area contributed by atoms with Crippen LogP contribution in [0.15, 0.2) is 59.8 Å². The second-order valence-corrected chi connectivity index (χ2v) is 7.14. The van der Waals surface area contributed by atoms with Crippen LogP contribution in [0.1, 0.15) is 30.8 Å². The molecule has 0 bridgehead atoms. The van der Waals surface area contributed by atoms with Crippen LogP contribution in [0.2, 0.25) is 0 Å². The molecule has 27 heavy (non-hydrogen) atoms. The minimum atomic E-state index is -0.0384. The van der Waals surface area contributed by atoms with E-state index in [2.05, 4.69) is 52.1 Å². The summed E-state index contributed by atoms with van der Waals surface area (Å²) in [6, 6.07) is 18.2. The van der Waals surface area contributed by atoms with Gasteiger partial charge in [0.05, 0.1) is 5.75 Å². The predicted octanol–water partition coefficient (Wildman–Crippen LogP) is 4.18. The molecule has 3 rings (SSSR count). The van der Waals surface area contributed by atoms with Crippen LogP contribution in [-0.2, 0) is 24.2 Å². The van der Waals surface area contributed by atoms with Crippen molar-refractivity contribution < 1.29 is 4.79 Å². The summed E-state index contributed by atoms with van der Waals surface area (Å²) in [5, 5.41) is 12.3. The number of thioether (sulfide) groups is 1. The van der Waals surface area contributed by atoms with E-state index in [-0.39, 0.29) is 5.91 Å². The molecule has 0 saturated carbocycles. The summed E-state index contributed by atoms with van der Waals surface area (Å²) >= 11 is 1.42. The molecule has 0 aliphatic carbocycles. The van der Waals surface area contributed by atoms with Gasteiger partial charge < -0.3 is 9.88 Å². The molecular formula is C21H24N4OS. The fourth-order valence-electron chi connectivity index (χ4n) is 2.85. The Kier molecular flexibility index (Phi) is 6.65. The molecule has 0 radical (unpaired) electrons. The molecule has 1 heterocycles. The van der Waals surface area contributed by atoms with Crippen molar-refractivity contribution in [3.05, 3.63) is 71.5 Å². The minimum Gasteiger partial charge on any atom is -0.325 e. The molecule has 1 N–H and O–H groups in total. The van der Waals surface area contributed by atoms with Gasteiger partial charge in [0, 0.05) is 18.7 Å². The number of rotatable bonds is 8. The van der Waals surface area contributed by atoms with E-state index < -0.39 is 0 Å². The average Bonchev–Trinajstić information content (AvgIpc) is 3.08. The molecule has 0 unspecified atom stereocenters. The Balaban J connectivity index is 1.61. The molecule has 5 nitrogen and oxygen atoms in total. The van der Waals surface area contributed by atoms with Crippen LogP contribution in [0.5, 0.6) is 0 Å². The van der Waals surface area contributed by atoms with Crippen LogP contribution in [0.4, 0.5) is 5.69 Å². The second-order valence-electron chi connectivity index (χ2n) is 6.20. The zero-order chi connectivity index (χ0) is 19.1. The van der Waals surface area contributed by atoms with Crippen molar-refractivity contribution >= 4 is 23.4 Å². The lowest BCUT2D eigenvalue weighted by atomic mass is 10.1. The van der Waals surface area contributed by atoms with E-state index in [1.54, 1.807) is 0 Å². The van der Waals surface area contributed by atoms with Crippen LogP contribution < -0.4 is 5.32 Å². The topological polar surface area (TPSA) is 59.8 Å². The van der Waals surface area contributed by atoms with Gasteiger partial charge in [-0.05, 0) is 36.6 Å². The number of amides is 1. The van der Waals surface area contributed by atoms with Crippen molar-refractivity contribution in [2.45, 2.75) is 38.4 Å². The zero-order valence-electron chi connectivity index (χ0n) is 15.7. The third kappa shape index (κ3) is 5.20. The van der Waals surface area contributed by atoms with Crippen LogP contribution in [0.25, 0.3) is 0 Å². The predicted molar refractivity (Wildman–Crippen MR) is 110 cm³/mol. The van der Waals surface area contributed by atoms with Gasteiger partial charge in [0.1, 0.15) is 5.82 Å². The van der Waals surface area contributed by atoms with Crippen molar-refractivity contribution in [3.8, 4) is 0 Å². The van der Waals surface area contributed by atoms with Crippen molar-refractivity contribution in [3.63, 3.8) is 0 Å². The van der Waals surface area contributed by atoms with Crippen LogP contribution in [-0.4, -0.2) is 26.4 Å². The van der Waals surface area contributed by atoms with E-state index in [0.29, 0.717) is 5.75 Å². The SMILES string of the molecule is CCc1cccc(NC(=O)CSc2nnc(Cc3ccccc3)n2CC)c1. The summed E-state index contributed by atoms with van der Waals surface area (Å²) < 4.78 is 2.07. The lowest BCUT2D eigenvalue weighted by molar-refractivity contribution is -0.113. The summed E-state index contributed by atoms with van der Waals surface area (Å²) in [4.78, 5) is 12.3. The van der Waals surface area contributed by atoms with Gasteiger partial charge in [-0.3, -0.25) is 4.79 Å². The smallest absolute Gasteiger partial charge is 0.234 e. The highest BCUT2D eigenvalue weighted by Gasteiger charge is 2.13. The van der Waals surface area contributed by atoms with E-state index in [1.165, 1.54) is 22.9 Å². The maximum absolute atomic E-state index is 12.3. The lowest BCUT2D eigenvalue weighted by Gasteiger charge is -2.08. The number of carbonyl (C=O) groups excluding carboxylic acids is 1.